The summed E-state index contributed by atoms with van der Waals surface area (Å²) in [7, 11) is 1.56. The van der Waals surface area contributed by atoms with Crippen LogP contribution in [-0.4, -0.2) is 33.6 Å². The van der Waals surface area contributed by atoms with Gasteiger partial charge in [-0.3, -0.25) is 4.90 Å². The van der Waals surface area contributed by atoms with Crippen LogP contribution in [0.15, 0.2) is 84.9 Å². The monoisotopic (exact) mass is 387 g/mol. The lowest BCUT2D eigenvalue weighted by Crippen LogP contribution is -2.39. The molecule has 0 aromatic heterocycles. The van der Waals surface area contributed by atoms with Gasteiger partial charge in [0.05, 0.1) is 16.1 Å². The summed E-state index contributed by atoms with van der Waals surface area (Å²) in [5.74, 6) is 0. The van der Waals surface area contributed by atoms with Gasteiger partial charge in [0.2, 0.25) is 0 Å². The van der Waals surface area contributed by atoms with Gasteiger partial charge in [-0.15, -0.1) is 0 Å². The van der Waals surface area contributed by atoms with Crippen molar-refractivity contribution in [3.8, 4) is 0 Å². The van der Waals surface area contributed by atoms with E-state index >= 15 is 0 Å². The van der Waals surface area contributed by atoms with Crippen LogP contribution in [0.2, 0.25) is 0 Å². The maximum Gasteiger partial charge on any atom is 0.136 e. The maximum atomic E-state index is 6.25. The highest BCUT2D eigenvalue weighted by molar-refractivity contribution is 6.56. The van der Waals surface area contributed by atoms with Gasteiger partial charge >= 0.3 is 0 Å². The second-order valence-corrected chi connectivity index (χ2v) is 10.4. The van der Waals surface area contributed by atoms with E-state index in [2.05, 4.69) is 111 Å². The molecule has 0 aliphatic carbocycles. The van der Waals surface area contributed by atoms with Gasteiger partial charge in [-0.25, -0.2) is 0 Å². The van der Waals surface area contributed by atoms with Crippen molar-refractivity contribution in [3.05, 3.63) is 102 Å². The first-order valence-corrected chi connectivity index (χ1v) is 11.6. The molecule has 1 aliphatic rings. The van der Waals surface area contributed by atoms with Crippen molar-refractivity contribution in [3.63, 3.8) is 0 Å². The molecule has 1 aliphatic heterocycles. The van der Waals surface area contributed by atoms with Gasteiger partial charge in [0.15, 0.2) is 0 Å². The van der Waals surface area contributed by atoms with Crippen LogP contribution < -0.4 is 5.19 Å². The molecular weight excluding hydrogens is 358 g/mol. The van der Waals surface area contributed by atoms with E-state index in [-0.39, 0.29) is 11.8 Å². The van der Waals surface area contributed by atoms with Crippen molar-refractivity contribution in [2.45, 2.75) is 31.2 Å². The summed E-state index contributed by atoms with van der Waals surface area (Å²) >= 11 is 0. The summed E-state index contributed by atoms with van der Waals surface area (Å²) < 4.78 is 6.25. The van der Waals surface area contributed by atoms with Crippen LogP contribution in [0.1, 0.15) is 42.3 Å². The zero-order valence-corrected chi connectivity index (χ0v) is 18.4. The molecule has 3 heteroatoms. The minimum absolute atomic E-state index is 0.0471. The number of likely N-dealkylation sites (N-methyl/N-ethyl adjacent to an activating group) is 1. The second kappa shape index (κ2) is 8.04. The van der Waals surface area contributed by atoms with Gasteiger partial charge in [0, 0.05) is 11.1 Å². The van der Waals surface area contributed by atoms with E-state index in [1.165, 1.54) is 21.9 Å². The minimum atomic E-state index is -0.622. The Morgan fingerprint density at radius 3 is 1.93 bits per heavy atom. The average Bonchev–Trinajstić information content (AvgIpc) is 3.00. The molecule has 3 aromatic rings. The zero-order valence-electron chi connectivity index (χ0n) is 17.0. The molecule has 1 atom stereocenters. The van der Waals surface area contributed by atoms with Gasteiger partial charge in [-0.2, -0.15) is 0 Å². The van der Waals surface area contributed by atoms with E-state index in [1.807, 2.05) is 0 Å². The van der Waals surface area contributed by atoms with Crippen molar-refractivity contribution in [1.82, 2.24) is 4.90 Å². The Morgan fingerprint density at radius 2 is 1.39 bits per heavy atom. The SMILES string of the molecule is CN1C(c2ccccc2[SiH2]C(c2ccccc2)c2ccccc2)OCC1(C)C. The van der Waals surface area contributed by atoms with E-state index in [0.717, 1.165) is 6.61 Å². The number of benzene rings is 3. The van der Waals surface area contributed by atoms with Crippen LogP contribution in [0.3, 0.4) is 0 Å². The highest BCUT2D eigenvalue weighted by atomic mass is 28.2. The second-order valence-electron chi connectivity index (χ2n) is 8.36. The lowest BCUT2D eigenvalue weighted by molar-refractivity contribution is 0.0407. The van der Waals surface area contributed by atoms with Gasteiger partial charge in [-0.05, 0) is 37.6 Å². The van der Waals surface area contributed by atoms with E-state index in [4.69, 9.17) is 4.74 Å². The van der Waals surface area contributed by atoms with Gasteiger partial charge in [-0.1, -0.05) is 90.1 Å². The molecular formula is C25H29NOSi. The topological polar surface area (TPSA) is 12.5 Å². The van der Waals surface area contributed by atoms with Crippen molar-refractivity contribution >= 4 is 14.7 Å². The number of ether oxygens (including phenoxy) is 1. The van der Waals surface area contributed by atoms with Crippen molar-refractivity contribution in [2.75, 3.05) is 13.7 Å². The third-order valence-corrected chi connectivity index (χ3v) is 8.48. The van der Waals surface area contributed by atoms with E-state index in [0.29, 0.717) is 5.54 Å². The summed E-state index contributed by atoms with van der Waals surface area (Å²) in [6, 6.07) is 30.8. The van der Waals surface area contributed by atoms with Crippen LogP contribution in [0, 0.1) is 0 Å². The van der Waals surface area contributed by atoms with Crippen molar-refractivity contribution < 1.29 is 4.74 Å². The van der Waals surface area contributed by atoms with Crippen molar-refractivity contribution in [2.24, 2.45) is 0 Å². The molecule has 0 amide bonds. The molecule has 0 spiro atoms. The molecule has 0 saturated carbocycles. The van der Waals surface area contributed by atoms with Crippen LogP contribution in [0.5, 0.6) is 0 Å². The third-order valence-electron chi connectivity index (χ3n) is 6.05. The first-order chi connectivity index (χ1) is 13.6. The quantitative estimate of drug-likeness (QED) is 0.614. The largest absolute Gasteiger partial charge is 0.357 e. The van der Waals surface area contributed by atoms with Crippen LogP contribution in [-0.2, 0) is 4.74 Å². The Kier molecular flexibility index (Phi) is 5.49. The van der Waals surface area contributed by atoms with Crippen LogP contribution in [0.25, 0.3) is 0 Å². The Hall–Kier alpha value is -2.20. The molecule has 2 nitrogen and oxygen atoms in total. The molecule has 28 heavy (non-hydrogen) atoms. The lowest BCUT2D eigenvalue weighted by atomic mass is 10.0. The lowest BCUT2D eigenvalue weighted by Gasteiger charge is -2.30. The Bertz CT molecular complexity index is 871. The van der Waals surface area contributed by atoms with E-state index in [9.17, 15) is 0 Å². The maximum absolute atomic E-state index is 6.25. The first-order valence-electron chi connectivity index (χ1n) is 10.1. The predicted octanol–water partition coefficient (Wildman–Crippen LogP) is 4.01. The smallest absolute Gasteiger partial charge is 0.136 e. The number of rotatable bonds is 5. The molecule has 0 N–H and O–H groups in total. The summed E-state index contributed by atoms with van der Waals surface area (Å²) in [6.45, 7) is 5.28. The van der Waals surface area contributed by atoms with E-state index in [1.54, 1.807) is 0 Å². The molecule has 144 valence electrons. The molecule has 1 fully saturated rings. The standard InChI is InChI=1S/C25H29NOSi/c1-25(2)18-27-24(26(25)3)21-16-10-11-17-22(21)28-23(19-12-6-4-7-13-19)20-14-8-5-9-15-20/h4-17,23-24H,18,28H2,1-3H3. The predicted molar refractivity (Wildman–Crippen MR) is 120 cm³/mol. The Labute approximate surface area is 171 Å². The number of hydrogen-bond donors (Lipinski definition) is 0. The fraction of sp³-hybridized carbons (Fsp3) is 0.280. The van der Waals surface area contributed by atoms with Gasteiger partial charge < -0.3 is 4.74 Å². The molecule has 3 aromatic carbocycles. The highest BCUT2D eigenvalue weighted by Gasteiger charge is 2.39. The summed E-state index contributed by atoms with van der Waals surface area (Å²) in [5.41, 5.74) is 4.70. The molecule has 1 unspecified atom stereocenters. The van der Waals surface area contributed by atoms with Gasteiger partial charge in [0.25, 0.3) is 0 Å². The molecule has 4 rings (SSSR count). The first kappa shape index (κ1) is 19.1. The molecule has 1 saturated heterocycles. The Balaban J connectivity index is 1.71. The average molecular weight is 388 g/mol. The van der Waals surface area contributed by atoms with Gasteiger partial charge in [0.1, 0.15) is 6.23 Å². The fourth-order valence-electron chi connectivity index (χ4n) is 4.09. The molecule has 1 heterocycles. The molecule has 0 radical (unpaired) electrons. The highest BCUT2D eigenvalue weighted by Crippen LogP contribution is 2.34. The zero-order chi connectivity index (χ0) is 19.6. The fourth-order valence-corrected chi connectivity index (χ4v) is 6.35. The normalized spacial score (nSPS) is 19.6. The van der Waals surface area contributed by atoms with E-state index < -0.39 is 9.52 Å². The third kappa shape index (κ3) is 3.83. The van der Waals surface area contributed by atoms with Crippen LogP contribution >= 0.6 is 0 Å². The summed E-state index contributed by atoms with van der Waals surface area (Å²) in [4.78, 5) is 2.38. The Morgan fingerprint density at radius 1 is 0.857 bits per heavy atom. The summed E-state index contributed by atoms with van der Waals surface area (Å²) in [6.07, 6.45) is 0.0471. The molecule has 0 bridgehead atoms. The number of hydrogen-bond acceptors (Lipinski definition) is 2. The van der Waals surface area contributed by atoms with Crippen molar-refractivity contribution in [1.29, 1.82) is 0 Å². The number of nitrogens with zero attached hydrogens (tertiary/aromatic N) is 1. The van der Waals surface area contributed by atoms with Crippen LogP contribution in [0.4, 0.5) is 0 Å². The minimum Gasteiger partial charge on any atom is -0.357 e. The summed E-state index contributed by atoms with van der Waals surface area (Å²) in [5, 5.41) is 1.50.